The molecule has 0 spiro atoms. The fourth-order valence-corrected chi connectivity index (χ4v) is 5.94. The van der Waals surface area contributed by atoms with E-state index < -0.39 is 13.9 Å². The van der Waals surface area contributed by atoms with Gasteiger partial charge in [-0.2, -0.15) is 0 Å². The molecule has 0 bridgehead atoms. The highest BCUT2D eigenvalue weighted by Gasteiger charge is 2.26. The summed E-state index contributed by atoms with van der Waals surface area (Å²) < 4.78 is 34.7. The maximum atomic E-state index is 12.5. The number of ether oxygens (including phenoxy) is 2. The molecule has 0 aromatic rings. The first kappa shape index (κ1) is 44.5. The van der Waals surface area contributed by atoms with Crippen LogP contribution in [0.15, 0.2) is 0 Å². The van der Waals surface area contributed by atoms with Gasteiger partial charge in [0.2, 0.25) is 0 Å². The molecule has 2 atom stereocenters. The summed E-state index contributed by atoms with van der Waals surface area (Å²) in [4.78, 5) is 22.5. The van der Waals surface area contributed by atoms with Crippen molar-refractivity contribution in [3.05, 3.63) is 0 Å². The largest absolute Gasteiger partial charge is 0.472 e. The van der Waals surface area contributed by atoms with E-state index in [0.717, 1.165) is 32.1 Å². The highest BCUT2D eigenvalue weighted by molar-refractivity contribution is 7.47. The van der Waals surface area contributed by atoms with Crippen molar-refractivity contribution < 1.29 is 37.3 Å². The number of likely N-dealkylation sites (N-methyl/N-ethyl adjacent to an activating group) is 1. The lowest BCUT2D eigenvalue weighted by Crippen LogP contribution is -2.37. The maximum Gasteiger partial charge on any atom is 0.472 e. The standard InChI is InChI=1S/C36H74NO7P/c1-6-8-10-12-14-15-16-17-18-19-20-21-22-23-24-26-28-31-41-33-35(44-36(38)29-27-25-13-11-9-7-2)34-43-45(39,40)42-32-30-37(3,4)5/h35H,6-34H2,1-5H3/p+1. The molecule has 0 saturated heterocycles. The number of phosphoric ester groups is 1. The normalized spacial score (nSPS) is 14.0. The van der Waals surface area contributed by atoms with E-state index >= 15 is 0 Å². The molecule has 270 valence electrons. The second-order valence-corrected chi connectivity index (χ2v) is 15.4. The van der Waals surface area contributed by atoms with Gasteiger partial charge >= 0.3 is 13.8 Å². The SMILES string of the molecule is CCCCCCCCCCCCCCCCCCCOCC(COP(=O)(O)OCC[N+](C)(C)C)OC(=O)CCCCCCCC. The van der Waals surface area contributed by atoms with Crippen molar-refractivity contribution in [2.75, 3.05) is 54.1 Å². The third kappa shape index (κ3) is 34.6. The lowest BCUT2D eigenvalue weighted by atomic mass is 10.0. The fraction of sp³-hybridized carbons (Fsp3) is 0.972. The Hall–Kier alpha value is -0.500. The van der Waals surface area contributed by atoms with Gasteiger partial charge in [0, 0.05) is 13.0 Å². The molecule has 0 amide bonds. The van der Waals surface area contributed by atoms with Gasteiger partial charge in [-0.05, 0) is 12.8 Å². The number of unbranched alkanes of at least 4 members (excludes halogenated alkanes) is 21. The van der Waals surface area contributed by atoms with Gasteiger partial charge in [-0.25, -0.2) is 4.57 Å². The Balaban J connectivity index is 4.10. The zero-order valence-electron chi connectivity index (χ0n) is 30.4. The molecule has 0 aliphatic carbocycles. The summed E-state index contributed by atoms with van der Waals surface area (Å²) in [7, 11) is 1.68. The van der Waals surface area contributed by atoms with Crippen molar-refractivity contribution in [1.82, 2.24) is 0 Å². The van der Waals surface area contributed by atoms with Crippen LogP contribution in [0, 0.1) is 0 Å². The van der Waals surface area contributed by atoms with Crippen LogP contribution in [0.25, 0.3) is 0 Å². The Morgan fingerprint density at radius 3 is 1.47 bits per heavy atom. The van der Waals surface area contributed by atoms with Crippen LogP contribution in [0.4, 0.5) is 0 Å². The molecule has 0 aliphatic rings. The van der Waals surface area contributed by atoms with E-state index in [4.69, 9.17) is 18.5 Å². The minimum Gasteiger partial charge on any atom is -0.457 e. The predicted molar refractivity (Wildman–Crippen MR) is 187 cm³/mol. The van der Waals surface area contributed by atoms with Gasteiger partial charge in [0.1, 0.15) is 19.3 Å². The molecule has 0 heterocycles. The second-order valence-electron chi connectivity index (χ2n) is 14.0. The molecule has 8 nitrogen and oxygen atoms in total. The quantitative estimate of drug-likeness (QED) is 0.0312. The molecule has 0 rings (SSSR count). The van der Waals surface area contributed by atoms with Crippen LogP contribution in [-0.2, 0) is 27.9 Å². The molecule has 2 unspecified atom stereocenters. The molecule has 0 radical (unpaired) electrons. The molecule has 0 aromatic carbocycles. The van der Waals surface area contributed by atoms with E-state index in [9.17, 15) is 14.3 Å². The molecule has 0 aliphatic heterocycles. The summed E-state index contributed by atoms with van der Waals surface area (Å²) in [5, 5.41) is 0. The minimum absolute atomic E-state index is 0.0928. The van der Waals surface area contributed by atoms with Crippen molar-refractivity contribution in [3.8, 4) is 0 Å². The van der Waals surface area contributed by atoms with E-state index in [0.29, 0.717) is 24.1 Å². The molecule has 1 N–H and O–H groups in total. The van der Waals surface area contributed by atoms with Gasteiger partial charge in [-0.15, -0.1) is 0 Å². The third-order valence-corrected chi connectivity index (χ3v) is 9.15. The zero-order chi connectivity index (χ0) is 33.5. The minimum atomic E-state index is -4.25. The van der Waals surface area contributed by atoms with E-state index in [1.807, 2.05) is 21.1 Å². The third-order valence-electron chi connectivity index (χ3n) is 8.17. The average molecular weight is 665 g/mol. The first-order chi connectivity index (χ1) is 21.6. The van der Waals surface area contributed by atoms with E-state index in [-0.39, 0.29) is 25.8 Å². The second kappa shape index (κ2) is 30.8. The first-order valence-corrected chi connectivity index (χ1v) is 20.3. The average Bonchev–Trinajstić information content (AvgIpc) is 2.98. The molecular weight excluding hydrogens is 589 g/mol. The molecule has 0 aromatic heterocycles. The number of rotatable bonds is 35. The first-order valence-electron chi connectivity index (χ1n) is 18.8. The lowest BCUT2D eigenvalue weighted by Gasteiger charge is -2.24. The van der Waals surface area contributed by atoms with Crippen molar-refractivity contribution in [1.29, 1.82) is 0 Å². The number of esters is 1. The van der Waals surface area contributed by atoms with Crippen LogP contribution < -0.4 is 0 Å². The number of phosphoric acid groups is 1. The summed E-state index contributed by atoms with van der Waals surface area (Å²) in [6, 6.07) is 0. The Bertz CT molecular complexity index is 701. The highest BCUT2D eigenvalue weighted by Crippen LogP contribution is 2.43. The summed E-state index contributed by atoms with van der Waals surface area (Å²) in [6.45, 7) is 5.59. The van der Waals surface area contributed by atoms with Gasteiger partial charge in [0.25, 0.3) is 0 Å². The number of carbonyl (C=O) groups is 1. The topological polar surface area (TPSA) is 91.3 Å². The smallest absolute Gasteiger partial charge is 0.457 e. The van der Waals surface area contributed by atoms with Crippen molar-refractivity contribution in [2.24, 2.45) is 0 Å². The Labute approximate surface area is 278 Å². The number of hydrogen-bond donors (Lipinski definition) is 1. The lowest BCUT2D eigenvalue weighted by molar-refractivity contribution is -0.870. The van der Waals surface area contributed by atoms with Crippen LogP contribution in [-0.4, -0.2) is 75.6 Å². The molecule has 0 fully saturated rings. The van der Waals surface area contributed by atoms with Crippen molar-refractivity contribution >= 4 is 13.8 Å². The van der Waals surface area contributed by atoms with Crippen LogP contribution in [0.1, 0.15) is 168 Å². The van der Waals surface area contributed by atoms with E-state index in [1.54, 1.807) is 0 Å². The Kier molecular flexibility index (Phi) is 30.5. The van der Waals surface area contributed by atoms with Gasteiger partial charge < -0.3 is 18.9 Å². The summed E-state index contributed by atoms with van der Waals surface area (Å²) >= 11 is 0. The predicted octanol–water partition coefficient (Wildman–Crippen LogP) is 10.2. The van der Waals surface area contributed by atoms with Gasteiger partial charge in [-0.3, -0.25) is 13.8 Å². The number of hydrogen-bond acceptors (Lipinski definition) is 6. The van der Waals surface area contributed by atoms with Crippen molar-refractivity contribution in [3.63, 3.8) is 0 Å². The van der Waals surface area contributed by atoms with E-state index in [1.165, 1.54) is 116 Å². The Morgan fingerprint density at radius 1 is 0.600 bits per heavy atom. The summed E-state index contributed by atoms with van der Waals surface area (Å²) in [5.41, 5.74) is 0. The maximum absolute atomic E-state index is 12.5. The van der Waals surface area contributed by atoms with Gasteiger partial charge in [-0.1, -0.05) is 149 Å². The molecular formula is C36H75NO7P+. The number of quaternary nitrogens is 1. The van der Waals surface area contributed by atoms with Crippen molar-refractivity contribution in [2.45, 2.75) is 174 Å². The van der Waals surface area contributed by atoms with Gasteiger partial charge in [0.15, 0.2) is 0 Å². The van der Waals surface area contributed by atoms with Gasteiger partial charge in [0.05, 0.1) is 34.4 Å². The zero-order valence-corrected chi connectivity index (χ0v) is 31.3. The van der Waals surface area contributed by atoms with Crippen LogP contribution in [0.2, 0.25) is 0 Å². The molecule has 45 heavy (non-hydrogen) atoms. The number of nitrogens with zero attached hydrogens (tertiary/aromatic N) is 1. The Morgan fingerprint density at radius 2 is 1.02 bits per heavy atom. The molecule has 0 saturated carbocycles. The van der Waals surface area contributed by atoms with Crippen LogP contribution >= 0.6 is 7.82 Å². The summed E-state index contributed by atoms with van der Waals surface area (Å²) in [5.74, 6) is -0.320. The van der Waals surface area contributed by atoms with Crippen LogP contribution in [0.5, 0.6) is 0 Å². The summed E-state index contributed by atoms with van der Waals surface area (Å²) in [6.07, 6.45) is 28.6. The monoisotopic (exact) mass is 665 g/mol. The number of carbonyl (C=O) groups excluding carboxylic acids is 1. The van der Waals surface area contributed by atoms with Crippen LogP contribution in [0.3, 0.4) is 0 Å². The molecule has 9 heteroatoms. The van der Waals surface area contributed by atoms with E-state index in [2.05, 4.69) is 13.8 Å². The highest BCUT2D eigenvalue weighted by atomic mass is 31.2. The fourth-order valence-electron chi connectivity index (χ4n) is 5.20.